The van der Waals surface area contributed by atoms with E-state index in [-0.39, 0.29) is 0 Å². The molecule has 4 nitrogen and oxygen atoms in total. The van der Waals surface area contributed by atoms with Crippen LogP contribution in [0.2, 0.25) is 0 Å². The molecule has 0 saturated heterocycles. The van der Waals surface area contributed by atoms with E-state index in [1.54, 1.807) is 11.8 Å². The van der Waals surface area contributed by atoms with E-state index in [1.807, 2.05) is 25.2 Å². The summed E-state index contributed by atoms with van der Waals surface area (Å²) in [6.07, 6.45) is 0.752. The number of carbonyl (C=O) groups excluding carboxylic acids is 1. The van der Waals surface area contributed by atoms with Gasteiger partial charge in [0, 0.05) is 12.4 Å². The second kappa shape index (κ2) is 3.14. The van der Waals surface area contributed by atoms with Gasteiger partial charge in [-0.1, -0.05) is 0 Å². The molecule has 0 aliphatic carbocycles. The largest absolute Gasteiger partial charge is 0.497 e. The molecule has 72 valence electrons. The molecule has 0 radical (unpaired) electrons. The molecule has 2 rings (SSSR count). The Morgan fingerprint density at radius 2 is 2.29 bits per heavy atom. The number of methoxy groups -OCH3 is 1. The van der Waals surface area contributed by atoms with Crippen LogP contribution in [0.3, 0.4) is 0 Å². The van der Waals surface area contributed by atoms with Gasteiger partial charge in [0.25, 0.3) is 0 Å². The van der Waals surface area contributed by atoms with Crippen molar-refractivity contribution < 1.29 is 9.53 Å². The van der Waals surface area contributed by atoms with Crippen LogP contribution >= 0.6 is 0 Å². The van der Waals surface area contributed by atoms with E-state index in [9.17, 15) is 4.79 Å². The van der Waals surface area contributed by atoms with Gasteiger partial charge in [0.15, 0.2) is 6.29 Å². The van der Waals surface area contributed by atoms with Crippen molar-refractivity contribution in [3.05, 3.63) is 23.9 Å². The lowest BCUT2D eigenvalue weighted by Crippen LogP contribution is -1.90. The number of fused-ring (bicyclic) bond motifs is 1. The standard InChI is InChI=1S/C10H10N2O2/c1-12-10-4-3-7(14-2)5-8(10)9(6-13)11-12/h3-6H,1-2H3. The van der Waals surface area contributed by atoms with Gasteiger partial charge < -0.3 is 4.74 Å². The summed E-state index contributed by atoms with van der Waals surface area (Å²) in [5, 5.41) is 4.90. The van der Waals surface area contributed by atoms with Crippen LogP contribution in [0.25, 0.3) is 10.9 Å². The maximum Gasteiger partial charge on any atom is 0.170 e. The number of hydrogen-bond acceptors (Lipinski definition) is 3. The van der Waals surface area contributed by atoms with Crippen molar-refractivity contribution in [2.45, 2.75) is 0 Å². The third kappa shape index (κ3) is 1.16. The Hall–Kier alpha value is -1.84. The summed E-state index contributed by atoms with van der Waals surface area (Å²) in [5.41, 5.74) is 1.37. The highest BCUT2D eigenvalue weighted by Crippen LogP contribution is 2.22. The zero-order valence-electron chi connectivity index (χ0n) is 8.02. The lowest BCUT2D eigenvalue weighted by molar-refractivity contribution is 0.112. The van der Waals surface area contributed by atoms with Crippen molar-refractivity contribution >= 4 is 17.2 Å². The number of aromatic nitrogens is 2. The molecule has 0 aliphatic heterocycles. The minimum Gasteiger partial charge on any atom is -0.497 e. The van der Waals surface area contributed by atoms with Gasteiger partial charge in [-0.2, -0.15) is 5.10 Å². The summed E-state index contributed by atoms with van der Waals surface area (Å²) in [4.78, 5) is 10.7. The van der Waals surface area contributed by atoms with Gasteiger partial charge in [0.1, 0.15) is 11.4 Å². The molecule has 0 bridgehead atoms. The SMILES string of the molecule is COc1ccc2c(c1)c(C=O)nn2C. The van der Waals surface area contributed by atoms with E-state index in [1.165, 1.54) is 0 Å². The first-order chi connectivity index (χ1) is 6.76. The van der Waals surface area contributed by atoms with Gasteiger partial charge in [0.05, 0.1) is 12.6 Å². The van der Waals surface area contributed by atoms with Crippen LogP contribution in [0.1, 0.15) is 10.5 Å². The van der Waals surface area contributed by atoms with Crippen LogP contribution in [-0.4, -0.2) is 23.2 Å². The highest BCUT2D eigenvalue weighted by Gasteiger charge is 2.07. The van der Waals surface area contributed by atoms with Crippen LogP contribution in [0.15, 0.2) is 18.2 Å². The number of benzene rings is 1. The topological polar surface area (TPSA) is 44.1 Å². The first-order valence-electron chi connectivity index (χ1n) is 4.22. The Kier molecular flexibility index (Phi) is 1.96. The fraction of sp³-hybridized carbons (Fsp3) is 0.200. The Morgan fingerprint density at radius 1 is 1.50 bits per heavy atom. The first kappa shape index (κ1) is 8.74. The molecule has 0 spiro atoms. The van der Waals surface area contributed by atoms with E-state index in [4.69, 9.17) is 4.74 Å². The molecule has 1 aromatic heterocycles. The van der Waals surface area contributed by atoms with E-state index in [0.29, 0.717) is 5.69 Å². The third-order valence-corrected chi connectivity index (χ3v) is 2.20. The fourth-order valence-corrected chi connectivity index (χ4v) is 1.49. The van der Waals surface area contributed by atoms with E-state index >= 15 is 0 Å². The van der Waals surface area contributed by atoms with Crippen molar-refractivity contribution in [2.24, 2.45) is 7.05 Å². The zero-order chi connectivity index (χ0) is 10.1. The van der Waals surface area contributed by atoms with Gasteiger partial charge in [-0.3, -0.25) is 9.48 Å². The van der Waals surface area contributed by atoms with Crippen LogP contribution in [0.4, 0.5) is 0 Å². The fourth-order valence-electron chi connectivity index (χ4n) is 1.49. The highest BCUT2D eigenvalue weighted by molar-refractivity contribution is 5.95. The average molecular weight is 190 g/mol. The van der Waals surface area contributed by atoms with Gasteiger partial charge in [-0.15, -0.1) is 0 Å². The number of hydrogen-bond donors (Lipinski definition) is 0. The van der Waals surface area contributed by atoms with E-state index in [2.05, 4.69) is 5.10 Å². The average Bonchev–Trinajstić information content (AvgIpc) is 2.55. The van der Waals surface area contributed by atoms with Crippen LogP contribution < -0.4 is 4.74 Å². The summed E-state index contributed by atoms with van der Waals surface area (Å²) < 4.78 is 6.76. The monoisotopic (exact) mass is 190 g/mol. The molecule has 0 atom stereocenters. The van der Waals surface area contributed by atoms with Crippen LogP contribution in [0, 0.1) is 0 Å². The molecule has 14 heavy (non-hydrogen) atoms. The molecule has 0 unspecified atom stereocenters. The number of nitrogens with zero attached hydrogens (tertiary/aromatic N) is 2. The smallest absolute Gasteiger partial charge is 0.170 e. The maximum atomic E-state index is 10.7. The number of carbonyl (C=O) groups is 1. The van der Waals surface area contributed by atoms with Gasteiger partial charge in [0.2, 0.25) is 0 Å². The Labute approximate surface area is 81.1 Å². The molecule has 1 heterocycles. The summed E-state index contributed by atoms with van der Waals surface area (Å²) in [7, 11) is 3.40. The lowest BCUT2D eigenvalue weighted by atomic mass is 10.2. The Bertz CT molecular complexity index is 488. The molecule has 4 heteroatoms. The van der Waals surface area contributed by atoms with E-state index < -0.39 is 0 Å². The quantitative estimate of drug-likeness (QED) is 0.672. The Balaban J connectivity index is 2.77. The normalized spacial score (nSPS) is 10.4. The van der Waals surface area contributed by atoms with E-state index in [0.717, 1.165) is 22.9 Å². The Morgan fingerprint density at radius 3 is 2.93 bits per heavy atom. The van der Waals surface area contributed by atoms with Gasteiger partial charge >= 0.3 is 0 Å². The molecule has 0 fully saturated rings. The summed E-state index contributed by atoms with van der Waals surface area (Å²) in [6.45, 7) is 0. The van der Waals surface area contributed by atoms with Crippen molar-refractivity contribution in [3.63, 3.8) is 0 Å². The molecular weight excluding hydrogens is 180 g/mol. The minimum absolute atomic E-state index is 0.446. The number of rotatable bonds is 2. The molecule has 1 aromatic carbocycles. The molecule has 2 aromatic rings. The van der Waals surface area contributed by atoms with Gasteiger partial charge in [-0.25, -0.2) is 0 Å². The third-order valence-electron chi connectivity index (χ3n) is 2.20. The summed E-state index contributed by atoms with van der Waals surface area (Å²) in [5.74, 6) is 0.730. The molecule has 0 saturated carbocycles. The number of aldehydes is 1. The minimum atomic E-state index is 0.446. The first-order valence-corrected chi connectivity index (χ1v) is 4.22. The summed E-state index contributed by atoms with van der Waals surface area (Å²) in [6, 6.07) is 5.54. The van der Waals surface area contributed by atoms with Crippen LogP contribution in [0.5, 0.6) is 5.75 Å². The van der Waals surface area contributed by atoms with Crippen molar-refractivity contribution in [1.29, 1.82) is 0 Å². The molecule has 0 amide bonds. The van der Waals surface area contributed by atoms with Crippen molar-refractivity contribution in [1.82, 2.24) is 9.78 Å². The highest BCUT2D eigenvalue weighted by atomic mass is 16.5. The van der Waals surface area contributed by atoms with Crippen molar-refractivity contribution in [2.75, 3.05) is 7.11 Å². The second-order valence-electron chi connectivity index (χ2n) is 3.01. The summed E-state index contributed by atoms with van der Waals surface area (Å²) >= 11 is 0. The van der Waals surface area contributed by atoms with Crippen LogP contribution in [-0.2, 0) is 7.05 Å². The van der Waals surface area contributed by atoms with Gasteiger partial charge in [-0.05, 0) is 18.2 Å². The molecule has 0 aliphatic rings. The lowest BCUT2D eigenvalue weighted by Gasteiger charge is -1.99. The second-order valence-corrected chi connectivity index (χ2v) is 3.01. The number of ether oxygens (including phenoxy) is 1. The van der Waals surface area contributed by atoms with Crippen molar-refractivity contribution in [3.8, 4) is 5.75 Å². The predicted octanol–water partition coefficient (Wildman–Crippen LogP) is 1.39. The predicted molar refractivity (Wildman–Crippen MR) is 52.7 cm³/mol. The molecular formula is C10H10N2O2. The maximum absolute atomic E-state index is 10.7. The molecule has 0 N–H and O–H groups in total. The number of aryl methyl sites for hydroxylation is 1. The zero-order valence-corrected chi connectivity index (χ0v) is 8.02.